The number of hydrogen-bond donors (Lipinski definition) is 2. The van der Waals surface area contributed by atoms with Crippen molar-refractivity contribution in [1.29, 1.82) is 0 Å². The minimum Gasteiger partial charge on any atom is -0.508 e. The highest BCUT2D eigenvalue weighted by Gasteiger charge is 2.18. The molecule has 0 unspecified atom stereocenters. The van der Waals surface area contributed by atoms with Gasteiger partial charge in [0.15, 0.2) is 0 Å². The lowest BCUT2D eigenvalue weighted by Crippen LogP contribution is -2.13. The van der Waals surface area contributed by atoms with Crippen molar-refractivity contribution in [2.45, 2.75) is 11.8 Å². The highest BCUT2D eigenvalue weighted by molar-refractivity contribution is 9.10. The topological polar surface area (TPSA) is 66.4 Å². The summed E-state index contributed by atoms with van der Waals surface area (Å²) in [7, 11) is -3.77. The molecule has 0 atom stereocenters. The van der Waals surface area contributed by atoms with Gasteiger partial charge in [0.25, 0.3) is 10.0 Å². The van der Waals surface area contributed by atoms with Gasteiger partial charge in [-0.15, -0.1) is 0 Å². The summed E-state index contributed by atoms with van der Waals surface area (Å²) in [6.07, 6.45) is 0. The Kier molecular flexibility index (Phi) is 4.27. The molecule has 0 bridgehead atoms. The summed E-state index contributed by atoms with van der Waals surface area (Å²) in [6, 6.07) is 8.98. The largest absolute Gasteiger partial charge is 0.508 e. The molecule has 0 aliphatic carbocycles. The molecule has 0 aromatic heterocycles. The fourth-order valence-electron chi connectivity index (χ4n) is 1.62. The Morgan fingerprint density at radius 2 is 1.90 bits per heavy atom. The van der Waals surface area contributed by atoms with Crippen molar-refractivity contribution in [3.63, 3.8) is 0 Å². The highest BCUT2D eigenvalue weighted by atomic mass is 79.9. The van der Waals surface area contributed by atoms with Gasteiger partial charge in [0.05, 0.1) is 5.02 Å². The van der Waals surface area contributed by atoms with E-state index in [0.29, 0.717) is 15.7 Å². The molecule has 2 N–H and O–H groups in total. The second-order valence-corrected chi connectivity index (χ2v) is 7.16. The molecule has 20 heavy (non-hydrogen) atoms. The minimum absolute atomic E-state index is 0.00639. The van der Waals surface area contributed by atoms with Crippen LogP contribution in [0.3, 0.4) is 0 Å². The van der Waals surface area contributed by atoms with Gasteiger partial charge in [-0.1, -0.05) is 27.5 Å². The fourth-order valence-corrected chi connectivity index (χ4v) is 3.71. The van der Waals surface area contributed by atoms with Gasteiger partial charge in [-0.25, -0.2) is 8.42 Å². The Balaban J connectivity index is 2.38. The van der Waals surface area contributed by atoms with Crippen LogP contribution >= 0.6 is 27.5 Å². The van der Waals surface area contributed by atoms with E-state index in [0.717, 1.165) is 0 Å². The van der Waals surface area contributed by atoms with Crippen molar-refractivity contribution in [2.75, 3.05) is 4.72 Å². The molecule has 2 aromatic carbocycles. The van der Waals surface area contributed by atoms with Crippen molar-refractivity contribution in [3.8, 4) is 5.75 Å². The van der Waals surface area contributed by atoms with E-state index in [-0.39, 0.29) is 15.7 Å². The predicted molar refractivity (Wildman–Crippen MR) is 82.8 cm³/mol. The van der Waals surface area contributed by atoms with E-state index in [1.165, 1.54) is 24.3 Å². The molecule has 0 saturated heterocycles. The Morgan fingerprint density at radius 1 is 1.20 bits per heavy atom. The van der Waals surface area contributed by atoms with Crippen LogP contribution in [0.25, 0.3) is 0 Å². The number of phenols is 1. The molecule has 0 radical (unpaired) electrons. The van der Waals surface area contributed by atoms with Gasteiger partial charge in [-0.05, 0) is 48.9 Å². The molecule has 0 spiro atoms. The van der Waals surface area contributed by atoms with E-state index in [1.54, 1.807) is 19.1 Å². The van der Waals surface area contributed by atoms with Crippen LogP contribution in [0.15, 0.2) is 45.8 Å². The SMILES string of the molecule is Cc1cc(NS(=O)(=O)c2ccc(Br)cc2Cl)ccc1O. The number of phenolic OH excluding ortho intramolecular Hbond substituents is 1. The predicted octanol–water partition coefficient (Wildman–Crippen LogP) is 3.92. The zero-order valence-electron chi connectivity index (χ0n) is 10.4. The van der Waals surface area contributed by atoms with Gasteiger partial charge in [0.1, 0.15) is 10.6 Å². The van der Waals surface area contributed by atoms with Gasteiger partial charge in [-0.2, -0.15) is 0 Å². The van der Waals surface area contributed by atoms with Crippen LogP contribution in [-0.2, 0) is 10.0 Å². The third-order valence-electron chi connectivity index (χ3n) is 2.63. The van der Waals surface area contributed by atoms with Crippen molar-refractivity contribution < 1.29 is 13.5 Å². The number of halogens is 2. The number of sulfonamides is 1. The summed E-state index contributed by atoms with van der Waals surface area (Å²) in [5.41, 5.74) is 0.936. The summed E-state index contributed by atoms with van der Waals surface area (Å²) >= 11 is 9.17. The van der Waals surface area contributed by atoms with E-state index in [1.807, 2.05) is 0 Å². The monoisotopic (exact) mass is 375 g/mol. The van der Waals surface area contributed by atoms with Gasteiger partial charge < -0.3 is 5.11 Å². The molecule has 2 rings (SSSR count). The molecule has 2 aromatic rings. The maximum atomic E-state index is 12.3. The van der Waals surface area contributed by atoms with Gasteiger partial charge in [0.2, 0.25) is 0 Å². The van der Waals surface area contributed by atoms with Crippen LogP contribution in [0.4, 0.5) is 5.69 Å². The van der Waals surface area contributed by atoms with Gasteiger partial charge >= 0.3 is 0 Å². The van der Waals surface area contributed by atoms with E-state index in [4.69, 9.17) is 11.6 Å². The quantitative estimate of drug-likeness (QED) is 0.798. The molecule has 0 saturated carbocycles. The maximum absolute atomic E-state index is 12.3. The third kappa shape index (κ3) is 3.26. The molecule has 7 heteroatoms. The second kappa shape index (κ2) is 5.63. The van der Waals surface area contributed by atoms with Crippen molar-refractivity contribution in [3.05, 3.63) is 51.5 Å². The van der Waals surface area contributed by atoms with Crippen molar-refractivity contribution in [2.24, 2.45) is 0 Å². The normalized spacial score (nSPS) is 11.3. The zero-order valence-corrected chi connectivity index (χ0v) is 13.6. The summed E-state index contributed by atoms with van der Waals surface area (Å²) in [4.78, 5) is -0.00639. The van der Waals surface area contributed by atoms with Crippen molar-refractivity contribution >= 4 is 43.2 Å². The second-order valence-electron chi connectivity index (χ2n) is 4.18. The van der Waals surface area contributed by atoms with Crippen LogP contribution in [0.2, 0.25) is 5.02 Å². The van der Waals surface area contributed by atoms with E-state index < -0.39 is 10.0 Å². The maximum Gasteiger partial charge on any atom is 0.263 e. The van der Waals surface area contributed by atoms with Gasteiger partial charge in [0, 0.05) is 10.2 Å². The average molecular weight is 377 g/mol. The summed E-state index contributed by atoms with van der Waals surface area (Å²) < 4.78 is 27.6. The number of aryl methyl sites for hydroxylation is 1. The van der Waals surface area contributed by atoms with E-state index in [9.17, 15) is 13.5 Å². The first-order valence-electron chi connectivity index (χ1n) is 5.57. The molecular weight excluding hydrogens is 366 g/mol. The lowest BCUT2D eigenvalue weighted by atomic mass is 10.2. The first-order valence-corrected chi connectivity index (χ1v) is 8.22. The Bertz CT molecular complexity index is 762. The Morgan fingerprint density at radius 3 is 2.50 bits per heavy atom. The van der Waals surface area contributed by atoms with Crippen LogP contribution in [-0.4, -0.2) is 13.5 Å². The lowest BCUT2D eigenvalue weighted by Gasteiger charge is -2.10. The standard InChI is InChI=1S/C13H11BrClNO3S/c1-8-6-10(3-4-12(8)17)16-20(18,19)13-5-2-9(14)7-11(13)15/h2-7,16-17H,1H3. The summed E-state index contributed by atoms with van der Waals surface area (Å²) in [5.74, 6) is 0.106. The average Bonchev–Trinajstić information content (AvgIpc) is 2.33. The number of nitrogens with one attached hydrogen (secondary N) is 1. The molecule has 0 heterocycles. The number of aromatic hydroxyl groups is 1. The molecule has 0 aliphatic heterocycles. The number of benzene rings is 2. The third-order valence-corrected chi connectivity index (χ3v) is 4.99. The first kappa shape index (κ1) is 15.2. The van der Waals surface area contributed by atoms with Crippen LogP contribution in [0, 0.1) is 6.92 Å². The number of anilines is 1. The van der Waals surface area contributed by atoms with Crippen LogP contribution < -0.4 is 4.72 Å². The number of hydrogen-bond acceptors (Lipinski definition) is 3. The van der Waals surface area contributed by atoms with Crippen LogP contribution in [0.5, 0.6) is 5.75 Å². The smallest absolute Gasteiger partial charge is 0.263 e. The van der Waals surface area contributed by atoms with E-state index in [2.05, 4.69) is 20.7 Å². The van der Waals surface area contributed by atoms with Crippen molar-refractivity contribution in [1.82, 2.24) is 0 Å². The lowest BCUT2D eigenvalue weighted by molar-refractivity contribution is 0.471. The Hall–Kier alpha value is -1.24. The first-order chi connectivity index (χ1) is 9.29. The molecule has 106 valence electrons. The van der Waals surface area contributed by atoms with Crippen LogP contribution in [0.1, 0.15) is 5.56 Å². The summed E-state index contributed by atoms with van der Waals surface area (Å²) in [5, 5.41) is 9.56. The molecule has 4 nitrogen and oxygen atoms in total. The minimum atomic E-state index is -3.77. The van der Waals surface area contributed by atoms with Gasteiger partial charge in [-0.3, -0.25) is 4.72 Å². The fraction of sp³-hybridized carbons (Fsp3) is 0.0769. The molecule has 0 fully saturated rings. The van der Waals surface area contributed by atoms with E-state index >= 15 is 0 Å². The molecule has 0 amide bonds. The molecule has 0 aliphatic rings. The summed E-state index contributed by atoms with van der Waals surface area (Å²) in [6.45, 7) is 1.68. The highest BCUT2D eigenvalue weighted by Crippen LogP contribution is 2.28. The zero-order chi connectivity index (χ0) is 14.9. The Labute approximate surface area is 130 Å². The number of rotatable bonds is 3. The molecular formula is C13H11BrClNO3S.